The van der Waals surface area contributed by atoms with Gasteiger partial charge in [-0.2, -0.15) is 0 Å². The van der Waals surface area contributed by atoms with Crippen LogP contribution in [-0.4, -0.2) is 17.4 Å². The third-order valence-electron chi connectivity index (χ3n) is 11.0. The molecule has 1 aromatic heterocycles. The second kappa shape index (κ2) is 10.6. The maximum absolute atomic E-state index is 6.46. The number of hydrogen-bond donors (Lipinski definition) is 1. The number of nitrogens with one attached hydrogen (secondary N) is 1. The highest BCUT2D eigenvalue weighted by molar-refractivity contribution is 6.17. The van der Waals surface area contributed by atoms with Crippen LogP contribution in [0.1, 0.15) is 39.6 Å². The number of fused-ring (bicyclic) bond motifs is 11. The fourth-order valence-electron chi connectivity index (χ4n) is 8.65. The first kappa shape index (κ1) is 28.1. The zero-order valence-corrected chi connectivity index (χ0v) is 27.5. The van der Waals surface area contributed by atoms with E-state index in [9.17, 15) is 0 Å². The minimum atomic E-state index is -0.385. The van der Waals surface area contributed by atoms with E-state index in [0.717, 1.165) is 33.6 Å². The summed E-state index contributed by atoms with van der Waals surface area (Å²) in [5.74, 6) is 0.620. The van der Waals surface area contributed by atoms with E-state index < -0.39 is 0 Å². The second-order valence-electron chi connectivity index (χ2n) is 13.6. The van der Waals surface area contributed by atoms with Crippen LogP contribution in [0.3, 0.4) is 0 Å². The van der Waals surface area contributed by atoms with Crippen LogP contribution in [0.25, 0.3) is 50.2 Å². The van der Waals surface area contributed by atoms with Gasteiger partial charge < -0.3 is 10.1 Å². The van der Waals surface area contributed by atoms with E-state index in [4.69, 9.17) is 9.72 Å². The summed E-state index contributed by atoms with van der Waals surface area (Å²) in [6.45, 7) is 0. The summed E-state index contributed by atoms with van der Waals surface area (Å²) in [6.07, 6.45) is 5.44. The summed E-state index contributed by atoms with van der Waals surface area (Å²) < 4.78 is 10.6. The van der Waals surface area contributed by atoms with Crippen molar-refractivity contribution in [2.24, 2.45) is 0 Å². The first-order valence-electron chi connectivity index (χ1n) is 17.4. The molecule has 4 heteroatoms. The van der Waals surface area contributed by atoms with Gasteiger partial charge >= 0.3 is 0 Å². The fraction of sp³-hybridized carbons (Fsp3) is 0.0426. The number of nitrogens with zero attached hydrogens (tertiary/aromatic N) is 2. The Morgan fingerprint density at radius 1 is 0.549 bits per heavy atom. The molecule has 4 nitrogen and oxygen atoms in total. The largest absolute Gasteiger partial charge is 0.448 e. The molecule has 4 aliphatic rings. The lowest BCUT2D eigenvalue weighted by Gasteiger charge is -2.30. The highest BCUT2D eigenvalue weighted by Crippen LogP contribution is 2.63. The molecule has 1 atom stereocenters. The van der Waals surface area contributed by atoms with Crippen LogP contribution in [0.4, 0.5) is 5.69 Å². The molecule has 51 heavy (non-hydrogen) atoms. The number of ether oxygens (including phenoxy) is 1. The molecule has 0 bridgehead atoms. The Morgan fingerprint density at radius 3 is 1.75 bits per heavy atom. The Hall–Kier alpha value is -6.74. The zero-order valence-electron chi connectivity index (χ0n) is 27.5. The van der Waals surface area contributed by atoms with E-state index in [1.165, 1.54) is 55.6 Å². The molecular weight excluding hydrogens is 623 g/mol. The van der Waals surface area contributed by atoms with E-state index in [1.807, 2.05) is 18.5 Å². The molecule has 1 unspecified atom stereocenters. The Bertz CT molecular complexity index is 2620. The summed E-state index contributed by atoms with van der Waals surface area (Å²) in [7, 11) is 0. The van der Waals surface area contributed by atoms with Crippen LogP contribution in [0.2, 0.25) is 0 Å². The monoisotopic (exact) mass is 652 g/mol. The van der Waals surface area contributed by atoms with Crippen molar-refractivity contribution in [3.63, 3.8) is 0 Å². The number of allylic oxidation sites excluding steroid dienone is 2. The van der Waals surface area contributed by atoms with Crippen LogP contribution in [0, 0.1) is 0 Å². The van der Waals surface area contributed by atoms with E-state index in [1.54, 1.807) is 0 Å². The van der Waals surface area contributed by atoms with Crippen molar-refractivity contribution in [1.82, 2.24) is 9.65 Å². The summed E-state index contributed by atoms with van der Waals surface area (Å²) in [5, 5.41) is 3.54. The van der Waals surface area contributed by atoms with Gasteiger partial charge in [-0.1, -0.05) is 133 Å². The molecule has 2 aliphatic carbocycles. The molecule has 2 aliphatic heterocycles. The number of benzene rings is 6. The lowest BCUT2D eigenvalue weighted by molar-refractivity contribution is 0.251. The van der Waals surface area contributed by atoms with Crippen LogP contribution >= 0.6 is 0 Å². The fourth-order valence-corrected chi connectivity index (χ4v) is 8.65. The van der Waals surface area contributed by atoms with E-state index in [0.29, 0.717) is 5.88 Å². The van der Waals surface area contributed by atoms with Crippen LogP contribution in [0.15, 0.2) is 158 Å². The summed E-state index contributed by atoms with van der Waals surface area (Å²) in [4.78, 5) is 5.08. The van der Waals surface area contributed by atoms with Gasteiger partial charge in [0.25, 0.3) is 12.4 Å². The van der Waals surface area contributed by atoms with Crippen LogP contribution in [-0.2, 0) is 5.41 Å². The number of pyridine rings is 1. The van der Waals surface area contributed by atoms with Gasteiger partial charge in [-0.05, 0) is 79.4 Å². The molecule has 3 heterocycles. The molecule has 7 aromatic rings. The molecule has 1 N–H and O–H groups in total. The maximum atomic E-state index is 6.46. The second-order valence-corrected chi connectivity index (χ2v) is 13.6. The summed E-state index contributed by atoms with van der Waals surface area (Å²) >= 11 is 0. The predicted octanol–water partition coefficient (Wildman–Crippen LogP) is 9.87. The van der Waals surface area contributed by atoms with Crippen molar-refractivity contribution in [2.45, 2.75) is 11.6 Å². The van der Waals surface area contributed by atoms with E-state index >= 15 is 0 Å². The standard InChI is InChI=1S/C47H30N3O/c1-4-10-39-35(7-1)36-8-2-5-11-40(36)47(39)41-12-6-3-9-37(41)38-22-21-33(27-42(38)47)43-23-24-44-46(49-43)51-45(50-44)32-19-17-30(18-20-32)29-13-15-31(16-14-29)34-25-26-48-28-34/h1-28,45,50H/q+1. The molecule has 6 aromatic carbocycles. The highest BCUT2D eigenvalue weighted by Gasteiger charge is 2.51. The number of anilines is 1. The molecule has 11 rings (SSSR count). The van der Waals surface area contributed by atoms with Crippen molar-refractivity contribution in [1.29, 1.82) is 0 Å². The van der Waals surface area contributed by atoms with Crippen molar-refractivity contribution in [2.75, 3.05) is 5.32 Å². The van der Waals surface area contributed by atoms with Gasteiger partial charge in [0.05, 0.1) is 16.7 Å². The summed E-state index contributed by atoms with van der Waals surface area (Å²) in [5.41, 5.74) is 18.6. The molecule has 0 fully saturated rings. The van der Waals surface area contributed by atoms with Crippen LogP contribution < -0.4 is 14.7 Å². The quantitative estimate of drug-likeness (QED) is 0.193. The van der Waals surface area contributed by atoms with Gasteiger partial charge in [0.1, 0.15) is 5.69 Å². The van der Waals surface area contributed by atoms with Crippen molar-refractivity contribution < 1.29 is 4.74 Å². The maximum Gasteiger partial charge on any atom is 0.300 e. The van der Waals surface area contributed by atoms with Gasteiger partial charge in [-0.3, -0.25) is 0 Å². The molecular formula is C47H30N3O+. The van der Waals surface area contributed by atoms with Gasteiger partial charge in [-0.15, -0.1) is 4.67 Å². The van der Waals surface area contributed by atoms with Gasteiger partial charge in [-0.25, -0.2) is 4.98 Å². The number of rotatable bonds is 4. The number of aromatic nitrogens is 1. The SMILES string of the molecule is C1=[N+]=CC(c2ccc(-c3ccc(C4Nc5ccc(-c6ccc7c(c6)C6(c8ccccc8-c8ccccc86)c6ccccc6-7)nc5O4)cc3)cc2)=C1. The predicted molar refractivity (Wildman–Crippen MR) is 207 cm³/mol. The first-order chi connectivity index (χ1) is 25.3. The normalized spacial score (nSPS) is 16.2. The smallest absolute Gasteiger partial charge is 0.300 e. The average molecular weight is 653 g/mol. The Kier molecular flexibility index (Phi) is 5.86. The van der Waals surface area contributed by atoms with Gasteiger partial charge in [0, 0.05) is 17.2 Å². The minimum Gasteiger partial charge on any atom is -0.448 e. The molecule has 0 saturated heterocycles. The molecule has 1 spiro atoms. The minimum absolute atomic E-state index is 0.312. The molecule has 238 valence electrons. The Morgan fingerprint density at radius 2 is 1.12 bits per heavy atom. The lowest BCUT2D eigenvalue weighted by Crippen LogP contribution is -2.25. The third-order valence-corrected chi connectivity index (χ3v) is 11.0. The Balaban J connectivity index is 0.921. The van der Waals surface area contributed by atoms with Crippen molar-refractivity contribution in [3.05, 3.63) is 191 Å². The zero-order chi connectivity index (χ0) is 33.5. The van der Waals surface area contributed by atoms with Gasteiger partial charge in [0.15, 0.2) is 6.23 Å². The summed E-state index contributed by atoms with van der Waals surface area (Å²) in [6, 6.07) is 54.9. The lowest BCUT2D eigenvalue weighted by atomic mass is 9.70. The highest BCUT2D eigenvalue weighted by atomic mass is 16.5. The van der Waals surface area contributed by atoms with Crippen molar-refractivity contribution in [3.8, 4) is 50.5 Å². The van der Waals surface area contributed by atoms with Crippen molar-refractivity contribution >= 4 is 23.7 Å². The average Bonchev–Trinajstić information content (AvgIpc) is 4.00. The molecule has 0 saturated carbocycles. The third kappa shape index (κ3) is 4.03. The van der Waals surface area contributed by atoms with E-state index in [-0.39, 0.29) is 11.6 Å². The first-order valence-corrected chi connectivity index (χ1v) is 17.4. The van der Waals surface area contributed by atoms with Crippen LogP contribution in [0.5, 0.6) is 5.88 Å². The molecule has 0 amide bonds. The van der Waals surface area contributed by atoms with Gasteiger partial charge in [0.2, 0.25) is 5.88 Å². The van der Waals surface area contributed by atoms with E-state index in [2.05, 4.69) is 162 Å². The topological polar surface area (TPSA) is 48.2 Å². The number of hydrogen-bond acceptors (Lipinski definition) is 3. The molecule has 0 radical (unpaired) electrons. The Labute approximate surface area is 295 Å².